The third kappa shape index (κ3) is 2.52. The molecule has 5 nitrogen and oxygen atoms in total. The number of hydrogen-bond acceptors (Lipinski definition) is 5. The molecule has 0 radical (unpaired) electrons. The Kier molecular flexibility index (Phi) is 4.81. The maximum Gasteiger partial charge on any atom is 0.132 e. The Labute approximate surface area is 108 Å². The zero-order valence-corrected chi connectivity index (χ0v) is 11.6. The van der Waals surface area contributed by atoms with Crippen LogP contribution in [0.15, 0.2) is 12.1 Å². The minimum Gasteiger partial charge on any atom is -0.496 e. The average molecular weight is 255 g/mol. The molecule has 0 bridgehead atoms. The van der Waals surface area contributed by atoms with E-state index in [0.29, 0.717) is 23.8 Å². The molecule has 2 N–H and O–H groups in total. The van der Waals surface area contributed by atoms with Crippen LogP contribution in [0.2, 0.25) is 0 Å². The van der Waals surface area contributed by atoms with Crippen LogP contribution in [-0.4, -0.2) is 35.0 Å². The number of nitrogens with two attached hydrogens (primary N) is 1. The summed E-state index contributed by atoms with van der Waals surface area (Å²) in [6.07, 6.45) is 0. The molecule has 5 heteroatoms. The van der Waals surface area contributed by atoms with E-state index < -0.39 is 5.60 Å². The van der Waals surface area contributed by atoms with Crippen molar-refractivity contribution < 1.29 is 18.9 Å². The second kappa shape index (κ2) is 5.93. The minimum atomic E-state index is -0.678. The molecular formula is C13H21NO4. The van der Waals surface area contributed by atoms with Crippen LogP contribution < -0.4 is 19.9 Å². The Balaban J connectivity index is 3.48. The van der Waals surface area contributed by atoms with Crippen LogP contribution in [0.5, 0.6) is 17.2 Å². The molecule has 0 spiro atoms. The van der Waals surface area contributed by atoms with Crippen molar-refractivity contribution in [2.45, 2.75) is 12.5 Å². The molecule has 102 valence electrons. The molecule has 0 saturated heterocycles. The number of hydrogen-bond donors (Lipinski definition) is 1. The van der Waals surface area contributed by atoms with Gasteiger partial charge in [-0.1, -0.05) is 0 Å². The van der Waals surface area contributed by atoms with Gasteiger partial charge in [0.15, 0.2) is 0 Å². The Morgan fingerprint density at radius 1 is 1.00 bits per heavy atom. The summed E-state index contributed by atoms with van der Waals surface area (Å²) in [5.74, 6) is 1.91. The predicted molar refractivity (Wildman–Crippen MR) is 69.5 cm³/mol. The number of methoxy groups -OCH3 is 4. The molecule has 0 aliphatic heterocycles. The van der Waals surface area contributed by atoms with E-state index in [1.807, 2.05) is 6.92 Å². The predicted octanol–water partition coefficient (Wildman–Crippen LogP) is 1.53. The lowest BCUT2D eigenvalue weighted by Gasteiger charge is -2.30. The van der Waals surface area contributed by atoms with Crippen molar-refractivity contribution in [3.63, 3.8) is 0 Å². The van der Waals surface area contributed by atoms with Crippen LogP contribution in [0.25, 0.3) is 0 Å². The van der Waals surface area contributed by atoms with Crippen LogP contribution in [0.3, 0.4) is 0 Å². The fourth-order valence-corrected chi connectivity index (χ4v) is 1.81. The van der Waals surface area contributed by atoms with Gasteiger partial charge in [0.2, 0.25) is 0 Å². The van der Waals surface area contributed by atoms with Crippen molar-refractivity contribution in [2.75, 3.05) is 35.0 Å². The Morgan fingerprint density at radius 2 is 1.50 bits per heavy atom. The number of ether oxygens (including phenoxy) is 4. The standard InChI is InChI=1S/C13H21NO4/c1-13(8-14,18-5)12-10(16-3)6-9(15-2)7-11(12)17-4/h6-7H,8,14H2,1-5H3. The number of rotatable bonds is 6. The normalized spacial score (nSPS) is 13.9. The monoisotopic (exact) mass is 255 g/mol. The molecule has 0 fully saturated rings. The van der Waals surface area contributed by atoms with Crippen molar-refractivity contribution in [3.05, 3.63) is 17.7 Å². The maximum atomic E-state index is 5.80. The van der Waals surface area contributed by atoms with Crippen molar-refractivity contribution >= 4 is 0 Å². The SMILES string of the molecule is COc1cc(OC)c(C(C)(CN)OC)c(OC)c1. The molecular weight excluding hydrogens is 234 g/mol. The summed E-state index contributed by atoms with van der Waals surface area (Å²) in [6.45, 7) is 2.20. The van der Waals surface area contributed by atoms with E-state index >= 15 is 0 Å². The first kappa shape index (κ1) is 14.6. The molecule has 0 saturated carbocycles. The molecule has 18 heavy (non-hydrogen) atoms. The summed E-state index contributed by atoms with van der Waals surface area (Å²) < 4.78 is 21.5. The van der Waals surface area contributed by atoms with Crippen molar-refractivity contribution in [1.82, 2.24) is 0 Å². The van der Waals surface area contributed by atoms with Crippen LogP contribution in [0.4, 0.5) is 0 Å². The molecule has 1 rings (SSSR count). The second-order valence-corrected chi connectivity index (χ2v) is 4.05. The topological polar surface area (TPSA) is 62.9 Å². The zero-order chi connectivity index (χ0) is 13.8. The van der Waals surface area contributed by atoms with Gasteiger partial charge in [0.05, 0.1) is 26.9 Å². The highest BCUT2D eigenvalue weighted by Gasteiger charge is 2.32. The van der Waals surface area contributed by atoms with E-state index in [4.69, 9.17) is 24.7 Å². The van der Waals surface area contributed by atoms with Gasteiger partial charge in [-0.3, -0.25) is 0 Å². The first-order valence-electron chi connectivity index (χ1n) is 5.62. The van der Waals surface area contributed by atoms with E-state index in [9.17, 15) is 0 Å². The first-order valence-corrected chi connectivity index (χ1v) is 5.62. The fourth-order valence-electron chi connectivity index (χ4n) is 1.81. The summed E-state index contributed by atoms with van der Waals surface area (Å²) in [6, 6.07) is 3.57. The van der Waals surface area contributed by atoms with Gasteiger partial charge < -0.3 is 24.7 Å². The van der Waals surface area contributed by atoms with Crippen LogP contribution in [0, 0.1) is 0 Å². The summed E-state index contributed by atoms with van der Waals surface area (Å²) >= 11 is 0. The first-order chi connectivity index (χ1) is 8.56. The Bertz CT molecular complexity index is 377. The Morgan fingerprint density at radius 3 is 1.78 bits per heavy atom. The summed E-state index contributed by atoms with van der Waals surface area (Å²) in [5, 5.41) is 0. The van der Waals surface area contributed by atoms with Gasteiger partial charge in [-0.15, -0.1) is 0 Å². The van der Waals surface area contributed by atoms with Crippen molar-refractivity contribution in [1.29, 1.82) is 0 Å². The summed E-state index contributed by atoms with van der Waals surface area (Å²) in [7, 11) is 6.37. The van der Waals surface area contributed by atoms with Crippen LogP contribution in [0.1, 0.15) is 12.5 Å². The quantitative estimate of drug-likeness (QED) is 0.835. The largest absolute Gasteiger partial charge is 0.496 e. The summed E-state index contributed by atoms with van der Waals surface area (Å²) in [4.78, 5) is 0. The number of benzene rings is 1. The van der Waals surface area contributed by atoms with E-state index in [1.165, 1.54) is 0 Å². The molecule has 0 amide bonds. The van der Waals surface area contributed by atoms with E-state index in [-0.39, 0.29) is 0 Å². The van der Waals surface area contributed by atoms with Gasteiger partial charge in [-0.2, -0.15) is 0 Å². The van der Waals surface area contributed by atoms with Gasteiger partial charge >= 0.3 is 0 Å². The molecule has 0 aliphatic rings. The highest BCUT2D eigenvalue weighted by molar-refractivity contribution is 5.53. The molecule has 1 aromatic rings. The second-order valence-electron chi connectivity index (χ2n) is 4.05. The highest BCUT2D eigenvalue weighted by Crippen LogP contribution is 2.42. The van der Waals surface area contributed by atoms with Crippen LogP contribution in [-0.2, 0) is 10.3 Å². The van der Waals surface area contributed by atoms with E-state index in [2.05, 4.69) is 0 Å². The lowest BCUT2D eigenvalue weighted by atomic mass is 9.93. The van der Waals surface area contributed by atoms with Gasteiger partial charge in [0.1, 0.15) is 22.8 Å². The van der Waals surface area contributed by atoms with Gasteiger partial charge in [-0.25, -0.2) is 0 Å². The highest BCUT2D eigenvalue weighted by atomic mass is 16.5. The van der Waals surface area contributed by atoms with E-state index in [1.54, 1.807) is 40.6 Å². The van der Waals surface area contributed by atoms with Gasteiger partial charge in [0, 0.05) is 25.8 Å². The third-order valence-electron chi connectivity index (χ3n) is 3.08. The molecule has 1 atom stereocenters. The minimum absolute atomic E-state index is 0.308. The smallest absolute Gasteiger partial charge is 0.132 e. The van der Waals surface area contributed by atoms with Crippen LogP contribution >= 0.6 is 0 Å². The zero-order valence-electron chi connectivity index (χ0n) is 11.6. The fraction of sp³-hybridized carbons (Fsp3) is 0.538. The molecule has 0 aromatic heterocycles. The average Bonchev–Trinajstić information content (AvgIpc) is 2.44. The van der Waals surface area contributed by atoms with Crippen molar-refractivity contribution in [2.24, 2.45) is 5.73 Å². The van der Waals surface area contributed by atoms with Gasteiger partial charge in [-0.05, 0) is 6.92 Å². The molecule has 1 unspecified atom stereocenters. The third-order valence-corrected chi connectivity index (χ3v) is 3.08. The Hall–Kier alpha value is -1.46. The van der Waals surface area contributed by atoms with Gasteiger partial charge in [0.25, 0.3) is 0 Å². The molecule has 0 aliphatic carbocycles. The van der Waals surface area contributed by atoms with Crippen molar-refractivity contribution in [3.8, 4) is 17.2 Å². The summed E-state index contributed by atoms with van der Waals surface area (Å²) in [5.41, 5.74) is 5.90. The maximum absolute atomic E-state index is 5.80. The molecule has 1 aromatic carbocycles. The van der Waals surface area contributed by atoms with E-state index in [0.717, 1.165) is 5.56 Å². The molecule has 0 heterocycles. The lowest BCUT2D eigenvalue weighted by Crippen LogP contribution is -2.34. The lowest BCUT2D eigenvalue weighted by molar-refractivity contribution is 0.00625.